The van der Waals surface area contributed by atoms with E-state index in [4.69, 9.17) is 4.74 Å². The van der Waals surface area contributed by atoms with E-state index < -0.39 is 0 Å². The lowest BCUT2D eigenvalue weighted by Crippen LogP contribution is -2.51. The third-order valence-corrected chi connectivity index (χ3v) is 5.37. The van der Waals surface area contributed by atoms with Crippen LogP contribution in [0.5, 0.6) is 0 Å². The van der Waals surface area contributed by atoms with E-state index in [2.05, 4.69) is 37.9 Å². The summed E-state index contributed by atoms with van der Waals surface area (Å²) in [6.45, 7) is 5.59. The lowest BCUT2D eigenvalue weighted by Gasteiger charge is -2.36. The minimum absolute atomic E-state index is 0.0121. The van der Waals surface area contributed by atoms with Crippen molar-refractivity contribution in [3.63, 3.8) is 0 Å². The van der Waals surface area contributed by atoms with Crippen molar-refractivity contribution in [2.24, 2.45) is 0 Å². The molecule has 1 aromatic heterocycles. The van der Waals surface area contributed by atoms with Gasteiger partial charge in [0.25, 0.3) is 0 Å². The maximum atomic E-state index is 11.6. The number of carbonyl (C=O) groups is 1. The van der Waals surface area contributed by atoms with Gasteiger partial charge in [0, 0.05) is 44.0 Å². The van der Waals surface area contributed by atoms with Crippen LogP contribution in [0.4, 0.5) is 0 Å². The number of nitrogens with zero attached hydrogens (tertiary/aromatic N) is 2. The first-order chi connectivity index (χ1) is 9.22. The maximum Gasteiger partial charge on any atom is 0.323 e. The Labute approximate surface area is 125 Å². The molecule has 2 aliphatic rings. The fourth-order valence-electron chi connectivity index (χ4n) is 2.71. The van der Waals surface area contributed by atoms with E-state index in [-0.39, 0.29) is 12.0 Å². The van der Waals surface area contributed by atoms with Gasteiger partial charge in [-0.2, -0.15) is 0 Å². The molecule has 1 atom stereocenters. The van der Waals surface area contributed by atoms with Crippen LogP contribution in [0.15, 0.2) is 15.9 Å². The molecular weight excluding hydrogens is 328 g/mol. The Hall–Kier alpha value is -0.430. The molecule has 104 valence electrons. The Morgan fingerprint density at radius 2 is 2.11 bits per heavy atom. The van der Waals surface area contributed by atoms with Crippen molar-refractivity contribution in [3.05, 3.63) is 20.8 Å². The standard InChI is InChI=1S/C13H17BrN2O2S/c14-12-2-1-10(19-12)9-15-4-6-16(7-5-15)11-3-8-18-13(11)17/h1-2,11H,3-9H2/t11-/m0/s1. The van der Waals surface area contributed by atoms with Crippen molar-refractivity contribution >= 4 is 33.2 Å². The van der Waals surface area contributed by atoms with Gasteiger partial charge >= 0.3 is 5.97 Å². The quantitative estimate of drug-likeness (QED) is 0.784. The third kappa shape index (κ3) is 3.18. The molecule has 4 nitrogen and oxygen atoms in total. The maximum absolute atomic E-state index is 11.6. The zero-order valence-electron chi connectivity index (χ0n) is 10.7. The van der Waals surface area contributed by atoms with Gasteiger partial charge in [0.2, 0.25) is 0 Å². The van der Waals surface area contributed by atoms with Gasteiger partial charge in [-0.1, -0.05) is 0 Å². The first-order valence-corrected chi connectivity index (χ1v) is 8.20. The van der Waals surface area contributed by atoms with Crippen molar-refractivity contribution in [1.29, 1.82) is 0 Å². The summed E-state index contributed by atoms with van der Waals surface area (Å²) in [5, 5.41) is 0. The van der Waals surface area contributed by atoms with Crippen molar-refractivity contribution in [1.82, 2.24) is 9.80 Å². The van der Waals surface area contributed by atoms with Gasteiger partial charge in [-0.05, 0) is 28.1 Å². The Morgan fingerprint density at radius 1 is 1.32 bits per heavy atom. The lowest BCUT2D eigenvalue weighted by molar-refractivity contribution is -0.142. The molecule has 0 radical (unpaired) electrons. The van der Waals surface area contributed by atoms with Crippen LogP contribution in [0.3, 0.4) is 0 Å². The summed E-state index contributed by atoms with van der Waals surface area (Å²) in [5.41, 5.74) is 0. The number of esters is 1. The summed E-state index contributed by atoms with van der Waals surface area (Å²) >= 11 is 5.29. The second kappa shape index (κ2) is 5.91. The summed E-state index contributed by atoms with van der Waals surface area (Å²) in [7, 11) is 0. The molecule has 0 unspecified atom stereocenters. The topological polar surface area (TPSA) is 32.8 Å². The number of ether oxygens (including phenoxy) is 1. The van der Waals surface area contributed by atoms with Gasteiger partial charge in [-0.3, -0.25) is 14.6 Å². The molecule has 19 heavy (non-hydrogen) atoms. The molecule has 0 N–H and O–H groups in total. The van der Waals surface area contributed by atoms with Crippen LogP contribution in [-0.2, 0) is 16.1 Å². The third-order valence-electron chi connectivity index (χ3n) is 3.76. The molecule has 2 fully saturated rings. The van der Waals surface area contributed by atoms with Crippen LogP contribution < -0.4 is 0 Å². The molecule has 0 saturated carbocycles. The van der Waals surface area contributed by atoms with Crippen LogP contribution >= 0.6 is 27.3 Å². The van der Waals surface area contributed by atoms with Crippen LogP contribution in [-0.4, -0.2) is 54.6 Å². The van der Waals surface area contributed by atoms with Gasteiger partial charge in [-0.15, -0.1) is 11.3 Å². The van der Waals surface area contributed by atoms with E-state index in [9.17, 15) is 4.79 Å². The van der Waals surface area contributed by atoms with E-state index in [0.29, 0.717) is 6.61 Å². The molecule has 0 spiro atoms. The van der Waals surface area contributed by atoms with Gasteiger partial charge < -0.3 is 4.74 Å². The normalized spacial score (nSPS) is 25.7. The average Bonchev–Trinajstić information content (AvgIpc) is 3.00. The molecule has 1 aromatic rings. The molecule has 0 amide bonds. The summed E-state index contributed by atoms with van der Waals surface area (Å²) in [5.74, 6) is -0.0318. The molecule has 0 aliphatic carbocycles. The smallest absolute Gasteiger partial charge is 0.323 e. The van der Waals surface area contributed by atoms with E-state index >= 15 is 0 Å². The summed E-state index contributed by atoms with van der Waals surface area (Å²) < 4.78 is 6.24. The van der Waals surface area contributed by atoms with Crippen molar-refractivity contribution in [2.75, 3.05) is 32.8 Å². The van der Waals surface area contributed by atoms with Crippen molar-refractivity contribution < 1.29 is 9.53 Å². The average molecular weight is 345 g/mol. The van der Waals surface area contributed by atoms with E-state index in [1.165, 1.54) is 8.66 Å². The number of carbonyl (C=O) groups excluding carboxylic acids is 1. The molecule has 0 bridgehead atoms. The number of rotatable bonds is 3. The van der Waals surface area contributed by atoms with Crippen molar-refractivity contribution in [2.45, 2.75) is 19.0 Å². The minimum atomic E-state index is -0.0318. The number of halogens is 1. The molecule has 3 heterocycles. The molecule has 6 heteroatoms. The SMILES string of the molecule is O=C1OCC[C@@H]1N1CCN(Cc2ccc(Br)s2)CC1. The number of cyclic esters (lactones) is 1. The Kier molecular flexibility index (Phi) is 4.21. The van der Waals surface area contributed by atoms with Gasteiger partial charge in [-0.25, -0.2) is 0 Å². The van der Waals surface area contributed by atoms with Gasteiger partial charge in [0.1, 0.15) is 6.04 Å². The van der Waals surface area contributed by atoms with Gasteiger partial charge in [0.05, 0.1) is 10.4 Å². The lowest BCUT2D eigenvalue weighted by atomic mass is 10.2. The second-order valence-corrected chi connectivity index (χ2v) is 7.54. The first kappa shape index (κ1) is 13.5. The predicted octanol–water partition coefficient (Wildman–Crippen LogP) is 1.94. The number of hydrogen-bond donors (Lipinski definition) is 0. The Morgan fingerprint density at radius 3 is 2.68 bits per heavy atom. The second-order valence-electron chi connectivity index (χ2n) is 4.99. The number of hydrogen-bond acceptors (Lipinski definition) is 5. The molecule has 2 saturated heterocycles. The zero-order valence-corrected chi connectivity index (χ0v) is 13.1. The largest absolute Gasteiger partial charge is 0.464 e. The zero-order chi connectivity index (χ0) is 13.2. The monoisotopic (exact) mass is 344 g/mol. The van der Waals surface area contributed by atoms with Crippen LogP contribution in [0.1, 0.15) is 11.3 Å². The van der Waals surface area contributed by atoms with Crippen LogP contribution in [0.25, 0.3) is 0 Å². The molecule has 3 rings (SSSR count). The molecular formula is C13H17BrN2O2S. The highest BCUT2D eigenvalue weighted by molar-refractivity contribution is 9.11. The van der Waals surface area contributed by atoms with E-state index in [0.717, 1.165) is 39.1 Å². The predicted molar refractivity (Wildman–Crippen MR) is 78.2 cm³/mol. The number of thiophene rings is 1. The van der Waals surface area contributed by atoms with Crippen LogP contribution in [0, 0.1) is 0 Å². The van der Waals surface area contributed by atoms with Crippen molar-refractivity contribution in [3.8, 4) is 0 Å². The Bertz CT molecular complexity index is 457. The van der Waals surface area contributed by atoms with E-state index in [1.54, 1.807) is 11.3 Å². The highest BCUT2D eigenvalue weighted by Crippen LogP contribution is 2.24. The van der Waals surface area contributed by atoms with Crippen LogP contribution in [0.2, 0.25) is 0 Å². The Balaban J connectivity index is 1.50. The summed E-state index contributed by atoms with van der Waals surface area (Å²) in [6.07, 6.45) is 0.858. The fraction of sp³-hybridized carbons (Fsp3) is 0.615. The first-order valence-electron chi connectivity index (χ1n) is 6.59. The minimum Gasteiger partial charge on any atom is -0.464 e. The molecule has 2 aliphatic heterocycles. The summed E-state index contributed by atoms with van der Waals surface area (Å²) in [6, 6.07) is 4.29. The number of piperazine rings is 1. The molecule has 0 aromatic carbocycles. The van der Waals surface area contributed by atoms with Gasteiger partial charge in [0.15, 0.2) is 0 Å². The van der Waals surface area contributed by atoms with E-state index in [1.807, 2.05) is 0 Å². The fourth-order valence-corrected chi connectivity index (χ4v) is 4.23. The highest BCUT2D eigenvalue weighted by atomic mass is 79.9. The summed E-state index contributed by atoms with van der Waals surface area (Å²) in [4.78, 5) is 17.7. The highest BCUT2D eigenvalue weighted by Gasteiger charge is 2.33.